The highest BCUT2D eigenvalue weighted by Gasteiger charge is 2.11. The summed E-state index contributed by atoms with van der Waals surface area (Å²) in [4.78, 5) is 6.65. The van der Waals surface area contributed by atoms with Crippen LogP contribution in [0.25, 0.3) is 0 Å². The molecule has 1 atom stereocenters. The molecule has 0 aliphatic rings. The van der Waals surface area contributed by atoms with Gasteiger partial charge < -0.3 is 5.73 Å². The van der Waals surface area contributed by atoms with E-state index in [-0.39, 0.29) is 0 Å². The van der Waals surface area contributed by atoms with Crippen molar-refractivity contribution in [2.45, 2.75) is 32.4 Å². The van der Waals surface area contributed by atoms with Crippen molar-refractivity contribution in [3.05, 3.63) is 30.1 Å². The van der Waals surface area contributed by atoms with Gasteiger partial charge in [0.2, 0.25) is 0 Å². The summed E-state index contributed by atoms with van der Waals surface area (Å²) in [6, 6.07) is 6.60. The summed E-state index contributed by atoms with van der Waals surface area (Å²) < 4.78 is 0. The third-order valence-electron chi connectivity index (χ3n) is 2.73. The molecule has 3 heteroatoms. The molecule has 0 radical (unpaired) electrons. The van der Waals surface area contributed by atoms with Crippen molar-refractivity contribution >= 4 is 0 Å². The molecular weight excluding hydrogens is 186 g/mol. The van der Waals surface area contributed by atoms with Crippen LogP contribution in [0.5, 0.6) is 0 Å². The largest absolute Gasteiger partial charge is 0.330 e. The van der Waals surface area contributed by atoms with E-state index in [9.17, 15) is 0 Å². The molecule has 0 spiro atoms. The van der Waals surface area contributed by atoms with Crippen LogP contribution < -0.4 is 5.73 Å². The molecule has 0 fully saturated rings. The second kappa shape index (κ2) is 6.53. The average Bonchev–Trinajstić information content (AvgIpc) is 2.27. The minimum atomic E-state index is 0.567. The topological polar surface area (TPSA) is 42.1 Å². The van der Waals surface area contributed by atoms with Crippen LogP contribution in [-0.4, -0.2) is 29.5 Å². The summed E-state index contributed by atoms with van der Waals surface area (Å²) in [7, 11) is 2.14. The van der Waals surface area contributed by atoms with Crippen LogP contribution in [0, 0.1) is 0 Å². The monoisotopic (exact) mass is 207 g/mol. The Hall–Kier alpha value is -0.930. The number of nitrogens with zero attached hydrogens (tertiary/aromatic N) is 2. The summed E-state index contributed by atoms with van der Waals surface area (Å²) in [6.07, 6.45) is 4.04. The Morgan fingerprint density at radius 2 is 2.27 bits per heavy atom. The van der Waals surface area contributed by atoms with Crippen molar-refractivity contribution in [2.75, 3.05) is 13.6 Å². The first-order valence-electron chi connectivity index (χ1n) is 5.58. The highest BCUT2D eigenvalue weighted by Crippen LogP contribution is 2.09. The van der Waals surface area contributed by atoms with Gasteiger partial charge in [-0.2, -0.15) is 0 Å². The molecule has 1 aromatic heterocycles. The predicted molar refractivity (Wildman–Crippen MR) is 63.5 cm³/mol. The molecule has 1 rings (SSSR count). The fourth-order valence-corrected chi connectivity index (χ4v) is 1.80. The number of hydrogen-bond acceptors (Lipinski definition) is 3. The van der Waals surface area contributed by atoms with E-state index in [1.165, 1.54) is 0 Å². The highest BCUT2D eigenvalue weighted by molar-refractivity contribution is 5.03. The first kappa shape index (κ1) is 12.1. The maximum absolute atomic E-state index is 5.59. The maximum atomic E-state index is 5.59. The van der Waals surface area contributed by atoms with Crippen molar-refractivity contribution in [1.29, 1.82) is 0 Å². The number of pyridine rings is 1. The normalized spacial score (nSPS) is 13.1. The Balaban J connectivity index is 2.50. The van der Waals surface area contributed by atoms with Gasteiger partial charge in [0.25, 0.3) is 0 Å². The van der Waals surface area contributed by atoms with Gasteiger partial charge in [0.05, 0.1) is 5.69 Å². The molecule has 1 aromatic rings. The minimum absolute atomic E-state index is 0.567. The van der Waals surface area contributed by atoms with Gasteiger partial charge in [-0.15, -0.1) is 0 Å². The van der Waals surface area contributed by atoms with Gasteiger partial charge in [-0.05, 0) is 38.6 Å². The Labute approximate surface area is 92.3 Å². The van der Waals surface area contributed by atoms with E-state index in [2.05, 4.69) is 29.9 Å². The molecule has 0 amide bonds. The Morgan fingerprint density at radius 3 is 2.80 bits per heavy atom. The van der Waals surface area contributed by atoms with Gasteiger partial charge in [0.15, 0.2) is 0 Å². The third kappa shape index (κ3) is 3.98. The summed E-state index contributed by atoms with van der Waals surface area (Å²) in [6.45, 7) is 3.86. The molecule has 2 N–H and O–H groups in total. The van der Waals surface area contributed by atoms with Crippen LogP contribution in [0.15, 0.2) is 24.4 Å². The zero-order valence-electron chi connectivity index (χ0n) is 9.69. The van der Waals surface area contributed by atoms with Crippen LogP contribution in [0.2, 0.25) is 0 Å². The number of aromatic nitrogens is 1. The summed E-state index contributed by atoms with van der Waals surface area (Å²) in [5, 5.41) is 0. The van der Waals surface area contributed by atoms with Crippen LogP contribution in [-0.2, 0) is 6.54 Å². The van der Waals surface area contributed by atoms with Crippen LogP contribution in [0.1, 0.15) is 25.5 Å². The van der Waals surface area contributed by atoms with E-state index in [1.54, 1.807) is 0 Å². The highest BCUT2D eigenvalue weighted by atomic mass is 15.1. The molecule has 0 aliphatic carbocycles. The molecule has 84 valence electrons. The van der Waals surface area contributed by atoms with Crippen LogP contribution in [0.3, 0.4) is 0 Å². The summed E-state index contributed by atoms with van der Waals surface area (Å²) in [5.41, 5.74) is 6.71. The van der Waals surface area contributed by atoms with Gasteiger partial charge in [-0.3, -0.25) is 9.88 Å². The van der Waals surface area contributed by atoms with Crippen molar-refractivity contribution in [2.24, 2.45) is 5.73 Å². The zero-order chi connectivity index (χ0) is 11.1. The fourth-order valence-electron chi connectivity index (χ4n) is 1.80. The Kier molecular flexibility index (Phi) is 5.29. The van der Waals surface area contributed by atoms with Crippen LogP contribution in [0.4, 0.5) is 0 Å². The van der Waals surface area contributed by atoms with Crippen LogP contribution >= 0.6 is 0 Å². The van der Waals surface area contributed by atoms with Gasteiger partial charge in [0.1, 0.15) is 0 Å². The lowest BCUT2D eigenvalue weighted by Gasteiger charge is -2.26. The molecule has 1 heterocycles. The maximum Gasteiger partial charge on any atom is 0.0543 e. The summed E-state index contributed by atoms with van der Waals surface area (Å²) in [5.74, 6) is 0. The van der Waals surface area contributed by atoms with Gasteiger partial charge in [-0.1, -0.05) is 13.0 Å². The molecule has 0 bridgehead atoms. The van der Waals surface area contributed by atoms with Gasteiger partial charge in [0, 0.05) is 18.8 Å². The van der Waals surface area contributed by atoms with E-state index in [0.717, 1.165) is 31.6 Å². The van der Waals surface area contributed by atoms with Crippen molar-refractivity contribution < 1.29 is 0 Å². The smallest absolute Gasteiger partial charge is 0.0543 e. The van der Waals surface area contributed by atoms with Gasteiger partial charge >= 0.3 is 0 Å². The number of nitrogens with two attached hydrogens (primary N) is 1. The first-order valence-corrected chi connectivity index (χ1v) is 5.58. The molecule has 0 saturated carbocycles. The Morgan fingerprint density at radius 1 is 1.47 bits per heavy atom. The lowest BCUT2D eigenvalue weighted by molar-refractivity contribution is 0.216. The molecule has 0 saturated heterocycles. The fraction of sp³-hybridized carbons (Fsp3) is 0.583. The van der Waals surface area contributed by atoms with Gasteiger partial charge in [-0.25, -0.2) is 0 Å². The SMILES string of the molecule is CCC(CCN)N(C)Cc1ccccn1. The van der Waals surface area contributed by atoms with E-state index in [1.807, 2.05) is 18.3 Å². The van der Waals surface area contributed by atoms with E-state index >= 15 is 0 Å². The van der Waals surface area contributed by atoms with Crippen molar-refractivity contribution in [3.63, 3.8) is 0 Å². The standard InChI is InChI=1S/C12H21N3/c1-3-12(7-8-13)15(2)10-11-6-4-5-9-14-11/h4-6,9,12H,3,7-8,10,13H2,1-2H3. The lowest BCUT2D eigenvalue weighted by atomic mass is 10.1. The quantitative estimate of drug-likeness (QED) is 0.771. The van der Waals surface area contributed by atoms with E-state index < -0.39 is 0 Å². The predicted octanol–water partition coefficient (Wildman–Crippen LogP) is 1.64. The van der Waals surface area contributed by atoms with E-state index in [0.29, 0.717) is 6.04 Å². The van der Waals surface area contributed by atoms with E-state index in [4.69, 9.17) is 5.73 Å². The molecule has 15 heavy (non-hydrogen) atoms. The zero-order valence-corrected chi connectivity index (χ0v) is 9.69. The second-order valence-electron chi connectivity index (χ2n) is 3.88. The first-order chi connectivity index (χ1) is 7.27. The molecular formula is C12H21N3. The molecule has 3 nitrogen and oxygen atoms in total. The lowest BCUT2D eigenvalue weighted by Crippen LogP contribution is -2.32. The second-order valence-corrected chi connectivity index (χ2v) is 3.88. The molecule has 1 unspecified atom stereocenters. The summed E-state index contributed by atoms with van der Waals surface area (Å²) >= 11 is 0. The van der Waals surface area contributed by atoms with Crippen molar-refractivity contribution in [3.8, 4) is 0 Å². The molecule has 0 aliphatic heterocycles. The number of rotatable bonds is 6. The third-order valence-corrected chi connectivity index (χ3v) is 2.73. The average molecular weight is 207 g/mol. The minimum Gasteiger partial charge on any atom is -0.330 e. The Bertz CT molecular complexity index is 261. The van der Waals surface area contributed by atoms with Crippen molar-refractivity contribution in [1.82, 2.24) is 9.88 Å². The molecule has 0 aromatic carbocycles. The number of hydrogen-bond donors (Lipinski definition) is 1.